The van der Waals surface area contributed by atoms with Crippen LogP contribution in [0.1, 0.15) is 29.9 Å². The fraction of sp³-hybridized carbons (Fsp3) is 0.118. The molecule has 0 aliphatic heterocycles. The molecule has 0 aromatic carbocycles. The molecule has 2 aromatic rings. The van der Waals surface area contributed by atoms with Crippen LogP contribution in [0.15, 0.2) is 54.9 Å². The van der Waals surface area contributed by atoms with Gasteiger partial charge in [0.05, 0.1) is 16.8 Å². The largest absolute Gasteiger partial charge is 0.288 e. The Labute approximate surface area is 128 Å². The van der Waals surface area contributed by atoms with Crippen LogP contribution in [0.4, 0.5) is 0 Å². The summed E-state index contributed by atoms with van der Waals surface area (Å²) in [5.41, 5.74) is 4.15. The molecule has 0 fully saturated rings. The molecule has 0 unspecified atom stereocenters. The second-order valence-corrected chi connectivity index (χ2v) is 4.54. The summed E-state index contributed by atoms with van der Waals surface area (Å²) in [7, 11) is 0. The molecule has 2 rings (SSSR count). The van der Waals surface area contributed by atoms with Crippen molar-refractivity contribution >= 4 is 22.4 Å². The number of hydrogen-bond acceptors (Lipinski definition) is 4. The molecule has 5 heteroatoms. The predicted octanol–water partition coefficient (Wildman–Crippen LogP) is 3.28. The van der Waals surface area contributed by atoms with Gasteiger partial charge in [0.25, 0.3) is 5.91 Å². The predicted molar refractivity (Wildman–Crippen MR) is 86.4 cm³/mol. The smallest absolute Gasteiger partial charge is 0.275 e. The summed E-state index contributed by atoms with van der Waals surface area (Å²) in [6, 6.07) is 3.38. The van der Waals surface area contributed by atoms with Gasteiger partial charge in [-0.15, -0.1) is 0 Å². The molecule has 2 heterocycles. The van der Waals surface area contributed by atoms with Gasteiger partial charge in [0.15, 0.2) is 0 Å². The molecule has 22 heavy (non-hydrogen) atoms. The lowest BCUT2D eigenvalue weighted by atomic mass is 10.0. The maximum absolute atomic E-state index is 11.9. The third-order valence-electron chi connectivity index (χ3n) is 3.07. The number of carbonyl (C=O) groups is 1. The Bertz CT molecular complexity index is 777. The number of nitrogens with zero attached hydrogens (tertiary/aromatic N) is 2. The quantitative estimate of drug-likeness (QED) is 0.515. The first kappa shape index (κ1) is 15.6. The zero-order valence-electron chi connectivity index (χ0n) is 12.4. The van der Waals surface area contributed by atoms with Crippen LogP contribution in [0.25, 0.3) is 16.5 Å². The Balaban J connectivity index is 2.71. The summed E-state index contributed by atoms with van der Waals surface area (Å²) < 4.78 is 0. The Morgan fingerprint density at radius 1 is 1.32 bits per heavy atom. The van der Waals surface area contributed by atoms with E-state index in [4.69, 9.17) is 5.21 Å². The number of allylic oxidation sites excluding steroid dienone is 6. The van der Waals surface area contributed by atoms with Crippen LogP contribution in [-0.4, -0.2) is 21.1 Å². The van der Waals surface area contributed by atoms with Crippen LogP contribution >= 0.6 is 0 Å². The van der Waals surface area contributed by atoms with E-state index in [0.717, 1.165) is 5.57 Å². The second kappa shape index (κ2) is 7.28. The maximum atomic E-state index is 11.9. The van der Waals surface area contributed by atoms with E-state index in [1.807, 2.05) is 44.2 Å². The van der Waals surface area contributed by atoms with Gasteiger partial charge >= 0.3 is 0 Å². The Kier molecular flexibility index (Phi) is 5.16. The van der Waals surface area contributed by atoms with E-state index < -0.39 is 5.91 Å². The third-order valence-corrected chi connectivity index (χ3v) is 3.07. The van der Waals surface area contributed by atoms with Gasteiger partial charge in [0.1, 0.15) is 0 Å². The lowest BCUT2D eigenvalue weighted by Crippen LogP contribution is -2.19. The fourth-order valence-electron chi connectivity index (χ4n) is 2.07. The summed E-state index contributed by atoms with van der Waals surface area (Å²) in [6.45, 7) is 3.84. The fourth-order valence-corrected chi connectivity index (χ4v) is 2.07. The summed E-state index contributed by atoms with van der Waals surface area (Å²) >= 11 is 0. The van der Waals surface area contributed by atoms with Crippen molar-refractivity contribution in [3.8, 4) is 0 Å². The molecule has 2 N–H and O–H groups in total. The number of hydrogen-bond donors (Lipinski definition) is 2. The SMILES string of the molecule is C\C=C/C(=C\C=C\C)c1cc(C(=O)NO)c2cnccc2n1. The van der Waals surface area contributed by atoms with Crippen molar-refractivity contribution in [3.05, 3.63) is 66.2 Å². The molecule has 0 saturated carbocycles. The van der Waals surface area contributed by atoms with Crippen LogP contribution in [0.5, 0.6) is 0 Å². The first-order chi connectivity index (χ1) is 10.7. The van der Waals surface area contributed by atoms with Crippen molar-refractivity contribution in [2.24, 2.45) is 0 Å². The number of fused-ring (bicyclic) bond motifs is 1. The molecule has 0 spiro atoms. The standard InChI is InChI=1S/C17H17N3O2/c1-3-5-7-12(6-4-2)16-10-13(17(21)20-22)14-11-18-9-8-15(14)19-16/h3-11,22H,1-2H3,(H,20,21)/b5-3+,6-4-,12-7+. The zero-order valence-corrected chi connectivity index (χ0v) is 12.4. The summed E-state index contributed by atoms with van der Waals surface area (Å²) in [5.74, 6) is -0.590. The molecule has 2 aromatic heterocycles. The lowest BCUT2D eigenvalue weighted by molar-refractivity contribution is 0.0708. The highest BCUT2D eigenvalue weighted by Crippen LogP contribution is 2.22. The molecule has 0 atom stereocenters. The van der Waals surface area contributed by atoms with Crippen LogP contribution < -0.4 is 5.48 Å². The van der Waals surface area contributed by atoms with Gasteiger partial charge in [-0.05, 0) is 31.6 Å². The summed E-state index contributed by atoms with van der Waals surface area (Å²) in [4.78, 5) is 20.5. The van der Waals surface area contributed by atoms with Gasteiger partial charge in [-0.2, -0.15) is 0 Å². The van der Waals surface area contributed by atoms with E-state index >= 15 is 0 Å². The molecule has 0 aliphatic rings. The van der Waals surface area contributed by atoms with Crippen molar-refractivity contribution in [2.45, 2.75) is 13.8 Å². The molecular formula is C17H17N3O2. The second-order valence-electron chi connectivity index (χ2n) is 4.54. The molecule has 1 amide bonds. The lowest BCUT2D eigenvalue weighted by Gasteiger charge is -2.08. The topological polar surface area (TPSA) is 75.1 Å². The van der Waals surface area contributed by atoms with E-state index in [2.05, 4.69) is 9.97 Å². The number of aromatic nitrogens is 2. The normalized spacial score (nSPS) is 12.4. The number of pyridine rings is 2. The highest BCUT2D eigenvalue weighted by atomic mass is 16.5. The number of hydroxylamine groups is 1. The van der Waals surface area contributed by atoms with Crippen molar-refractivity contribution in [1.29, 1.82) is 0 Å². The van der Waals surface area contributed by atoms with E-state index in [1.54, 1.807) is 30.0 Å². The van der Waals surface area contributed by atoms with Gasteiger partial charge in [-0.25, -0.2) is 10.5 Å². The summed E-state index contributed by atoms with van der Waals surface area (Å²) in [5, 5.41) is 9.53. The van der Waals surface area contributed by atoms with Crippen molar-refractivity contribution in [2.75, 3.05) is 0 Å². The highest BCUT2D eigenvalue weighted by molar-refractivity contribution is 6.06. The molecule has 0 aliphatic carbocycles. The zero-order chi connectivity index (χ0) is 15.9. The minimum atomic E-state index is -0.590. The Morgan fingerprint density at radius 3 is 2.82 bits per heavy atom. The van der Waals surface area contributed by atoms with Gasteiger partial charge in [0, 0.05) is 17.8 Å². The van der Waals surface area contributed by atoms with Crippen molar-refractivity contribution in [3.63, 3.8) is 0 Å². The highest BCUT2D eigenvalue weighted by Gasteiger charge is 2.13. The minimum Gasteiger partial charge on any atom is -0.288 e. The molecule has 0 radical (unpaired) electrons. The van der Waals surface area contributed by atoms with E-state index in [9.17, 15) is 4.79 Å². The average Bonchev–Trinajstić information content (AvgIpc) is 2.56. The Hall–Kier alpha value is -2.79. The van der Waals surface area contributed by atoms with E-state index in [-0.39, 0.29) is 0 Å². The number of amides is 1. The number of nitrogens with one attached hydrogen (secondary N) is 1. The monoisotopic (exact) mass is 295 g/mol. The van der Waals surface area contributed by atoms with Gasteiger partial charge in [0.2, 0.25) is 0 Å². The first-order valence-corrected chi connectivity index (χ1v) is 6.86. The van der Waals surface area contributed by atoms with Gasteiger partial charge in [-0.3, -0.25) is 15.0 Å². The maximum Gasteiger partial charge on any atom is 0.275 e. The van der Waals surface area contributed by atoms with Gasteiger partial charge in [-0.1, -0.05) is 30.4 Å². The third kappa shape index (κ3) is 3.27. The van der Waals surface area contributed by atoms with Crippen molar-refractivity contribution < 1.29 is 10.0 Å². The van der Waals surface area contributed by atoms with Crippen molar-refractivity contribution in [1.82, 2.24) is 15.4 Å². The van der Waals surface area contributed by atoms with Crippen LogP contribution in [-0.2, 0) is 0 Å². The number of carbonyl (C=O) groups excluding carboxylic acids is 1. The molecule has 112 valence electrons. The van der Waals surface area contributed by atoms with E-state index in [1.165, 1.54) is 0 Å². The van der Waals surface area contributed by atoms with E-state index in [0.29, 0.717) is 22.2 Å². The molecule has 5 nitrogen and oxygen atoms in total. The number of rotatable bonds is 4. The average molecular weight is 295 g/mol. The molecule has 0 saturated heterocycles. The van der Waals surface area contributed by atoms with Gasteiger partial charge < -0.3 is 0 Å². The van der Waals surface area contributed by atoms with Crippen LogP contribution in [0, 0.1) is 0 Å². The minimum absolute atomic E-state index is 0.325. The van der Waals surface area contributed by atoms with Crippen LogP contribution in [0.3, 0.4) is 0 Å². The van der Waals surface area contributed by atoms with Crippen LogP contribution in [0.2, 0.25) is 0 Å². The Morgan fingerprint density at radius 2 is 2.14 bits per heavy atom. The molecule has 0 bridgehead atoms. The summed E-state index contributed by atoms with van der Waals surface area (Å²) in [6.07, 6.45) is 12.7. The first-order valence-electron chi connectivity index (χ1n) is 6.86. The molecular weight excluding hydrogens is 278 g/mol.